The van der Waals surface area contributed by atoms with Gasteiger partial charge in [0.05, 0.1) is 7.11 Å². The zero-order chi connectivity index (χ0) is 19.4. The second-order valence-electron chi connectivity index (χ2n) is 6.22. The summed E-state index contributed by atoms with van der Waals surface area (Å²) in [5.74, 6) is 0.734. The number of nitrogens with zero attached hydrogens (tertiary/aromatic N) is 3. The van der Waals surface area contributed by atoms with Gasteiger partial charge in [-0.15, -0.1) is 0 Å². The van der Waals surface area contributed by atoms with Gasteiger partial charge in [0.1, 0.15) is 23.6 Å². The molecule has 2 heterocycles. The summed E-state index contributed by atoms with van der Waals surface area (Å²) in [7, 11) is 1.55. The van der Waals surface area contributed by atoms with Crippen molar-refractivity contribution in [2.24, 2.45) is 0 Å². The fourth-order valence-electron chi connectivity index (χ4n) is 2.94. The number of aromatic nitrogens is 2. The number of hydrogen-bond donors (Lipinski definition) is 1. The normalized spacial score (nSPS) is 15.5. The maximum atomic E-state index is 12.8. The lowest BCUT2D eigenvalue weighted by Gasteiger charge is -2.33. The summed E-state index contributed by atoms with van der Waals surface area (Å²) >= 11 is 0. The fraction of sp³-hybridized carbons (Fsp3) is 0.389. The van der Waals surface area contributed by atoms with E-state index in [1.165, 1.54) is 0 Å². The van der Waals surface area contributed by atoms with Gasteiger partial charge >= 0.3 is 6.18 Å². The van der Waals surface area contributed by atoms with Crippen LogP contribution in [0.4, 0.5) is 19.0 Å². The van der Waals surface area contributed by atoms with Gasteiger partial charge in [0.25, 0.3) is 5.91 Å². The van der Waals surface area contributed by atoms with Gasteiger partial charge in [-0.2, -0.15) is 13.2 Å². The number of ether oxygens (including phenoxy) is 1. The minimum absolute atomic E-state index is 0.0419. The number of anilines is 1. The SMILES string of the molecule is COc1ccc(C(=O)NC2CCN(c3cc(C(F)(F)F)ncn3)CC2)cc1. The minimum atomic E-state index is -4.50. The Morgan fingerprint density at radius 2 is 1.85 bits per heavy atom. The highest BCUT2D eigenvalue weighted by Gasteiger charge is 2.33. The van der Waals surface area contributed by atoms with E-state index in [-0.39, 0.29) is 17.8 Å². The molecule has 27 heavy (non-hydrogen) atoms. The van der Waals surface area contributed by atoms with Gasteiger partial charge < -0.3 is 15.0 Å². The zero-order valence-corrected chi connectivity index (χ0v) is 14.7. The lowest BCUT2D eigenvalue weighted by atomic mass is 10.0. The summed E-state index contributed by atoms with van der Waals surface area (Å²) in [5, 5.41) is 2.96. The van der Waals surface area contributed by atoms with Crippen molar-refractivity contribution in [1.82, 2.24) is 15.3 Å². The van der Waals surface area contributed by atoms with Crippen LogP contribution in [0.15, 0.2) is 36.7 Å². The van der Waals surface area contributed by atoms with Crippen molar-refractivity contribution in [2.75, 3.05) is 25.1 Å². The number of halogens is 3. The van der Waals surface area contributed by atoms with E-state index in [1.807, 2.05) is 0 Å². The first-order valence-corrected chi connectivity index (χ1v) is 8.46. The molecule has 1 aromatic carbocycles. The molecule has 1 N–H and O–H groups in total. The summed E-state index contributed by atoms with van der Waals surface area (Å²) in [6.07, 6.45) is -2.33. The molecular formula is C18H19F3N4O2. The molecule has 0 radical (unpaired) electrons. The Labute approximate surface area is 154 Å². The summed E-state index contributed by atoms with van der Waals surface area (Å²) in [6.45, 7) is 1.00. The van der Waals surface area contributed by atoms with Gasteiger partial charge in [-0.1, -0.05) is 0 Å². The number of carbonyl (C=O) groups excluding carboxylic acids is 1. The fourth-order valence-corrected chi connectivity index (χ4v) is 2.94. The molecule has 3 rings (SSSR count). The molecule has 1 aromatic heterocycles. The Morgan fingerprint density at radius 1 is 1.19 bits per heavy atom. The van der Waals surface area contributed by atoms with Crippen molar-refractivity contribution in [3.8, 4) is 5.75 Å². The van der Waals surface area contributed by atoms with Crippen LogP contribution in [0.25, 0.3) is 0 Å². The molecule has 1 amide bonds. The van der Waals surface area contributed by atoms with Crippen LogP contribution in [0.3, 0.4) is 0 Å². The number of methoxy groups -OCH3 is 1. The quantitative estimate of drug-likeness (QED) is 0.884. The second kappa shape index (κ2) is 7.81. The molecule has 0 saturated carbocycles. The van der Waals surface area contributed by atoms with Crippen LogP contribution in [0.2, 0.25) is 0 Å². The Hall–Kier alpha value is -2.84. The van der Waals surface area contributed by atoms with Crippen LogP contribution in [0, 0.1) is 0 Å². The third-order valence-corrected chi connectivity index (χ3v) is 4.45. The van der Waals surface area contributed by atoms with Crippen molar-refractivity contribution in [3.63, 3.8) is 0 Å². The third kappa shape index (κ3) is 4.66. The Balaban J connectivity index is 1.56. The first-order valence-electron chi connectivity index (χ1n) is 8.46. The standard InChI is InChI=1S/C18H19F3N4O2/c1-27-14-4-2-12(3-5-14)17(26)24-13-6-8-25(9-7-13)16-10-15(18(19,20)21)22-11-23-16/h2-5,10-11,13H,6-9H2,1H3,(H,24,26). The van der Waals surface area contributed by atoms with Gasteiger partial charge in [-0.3, -0.25) is 4.79 Å². The zero-order valence-electron chi connectivity index (χ0n) is 14.7. The smallest absolute Gasteiger partial charge is 0.433 e. The molecule has 1 aliphatic rings. The summed E-state index contributed by atoms with van der Waals surface area (Å²) < 4.78 is 43.4. The average molecular weight is 380 g/mol. The van der Waals surface area contributed by atoms with Crippen LogP contribution in [-0.2, 0) is 6.18 Å². The highest BCUT2D eigenvalue weighted by molar-refractivity contribution is 5.94. The molecule has 2 aromatic rings. The molecule has 0 unspecified atom stereocenters. The minimum Gasteiger partial charge on any atom is -0.497 e. The highest BCUT2D eigenvalue weighted by Crippen LogP contribution is 2.29. The third-order valence-electron chi connectivity index (χ3n) is 4.45. The topological polar surface area (TPSA) is 67.3 Å². The van der Waals surface area contributed by atoms with Gasteiger partial charge in [-0.25, -0.2) is 9.97 Å². The number of carbonyl (C=O) groups is 1. The van der Waals surface area contributed by atoms with E-state index in [0.29, 0.717) is 37.2 Å². The van der Waals surface area contributed by atoms with E-state index < -0.39 is 11.9 Å². The van der Waals surface area contributed by atoms with Crippen LogP contribution in [0.5, 0.6) is 5.75 Å². The number of rotatable bonds is 4. The number of nitrogens with one attached hydrogen (secondary N) is 1. The molecule has 0 bridgehead atoms. The first-order chi connectivity index (χ1) is 12.9. The number of piperidine rings is 1. The summed E-state index contributed by atoms with van der Waals surface area (Å²) in [4.78, 5) is 21.3. The summed E-state index contributed by atoms with van der Waals surface area (Å²) in [5.41, 5.74) is -0.425. The van der Waals surface area contributed by atoms with E-state index in [9.17, 15) is 18.0 Å². The average Bonchev–Trinajstić information content (AvgIpc) is 2.68. The van der Waals surface area contributed by atoms with Crippen molar-refractivity contribution in [2.45, 2.75) is 25.1 Å². The van der Waals surface area contributed by atoms with E-state index in [1.54, 1.807) is 36.3 Å². The van der Waals surface area contributed by atoms with Gasteiger partial charge in [0.2, 0.25) is 0 Å². The van der Waals surface area contributed by atoms with Crippen molar-refractivity contribution < 1.29 is 22.7 Å². The van der Waals surface area contributed by atoms with Gasteiger partial charge in [-0.05, 0) is 37.1 Å². The molecule has 0 atom stereocenters. The molecular weight excluding hydrogens is 361 g/mol. The molecule has 0 spiro atoms. The van der Waals surface area contributed by atoms with Crippen molar-refractivity contribution in [1.29, 1.82) is 0 Å². The lowest BCUT2D eigenvalue weighted by molar-refractivity contribution is -0.141. The Bertz CT molecular complexity index is 788. The van der Waals surface area contributed by atoms with Crippen LogP contribution in [0.1, 0.15) is 28.9 Å². The molecule has 0 aliphatic carbocycles. The largest absolute Gasteiger partial charge is 0.497 e. The summed E-state index contributed by atoms with van der Waals surface area (Å²) in [6, 6.07) is 7.71. The predicted octanol–water partition coefficient (Wildman–Crippen LogP) is 2.90. The van der Waals surface area contributed by atoms with E-state index in [2.05, 4.69) is 15.3 Å². The number of benzene rings is 1. The van der Waals surface area contributed by atoms with Gasteiger partial charge in [0, 0.05) is 30.8 Å². The number of amides is 1. The van der Waals surface area contributed by atoms with E-state index >= 15 is 0 Å². The van der Waals surface area contributed by atoms with Crippen molar-refractivity contribution >= 4 is 11.7 Å². The molecule has 1 fully saturated rings. The van der Waals surface area contributed by atoms with Gasteiger partial charge in [0.15, 0.2) is 0 Å². The Kier molecular flexibility index (Phi) is 5.48. The maximum Gasteiger partial charge on any atom is 0.433 e. The molecule has 9 heteroatoms. The molecule has 144 valence electrons. The second-order valence-corrected chi connectivity index (χ2v) is 6.22. The number of hydrogen-bond acceptors (Lipinski definition) is 5. The monoisotopic (exact) mass is 380 g/mol. The van der Waals surface area contributed by atoms with Crippen molar-refractivity contribution in [3.05, 3.63) is 47.9 Å². The lowest BCUT2D eigenvalue weighted by Crippen LogP contribution is -2.45. The molecule has 1 saturated heterocycles. The van der Waals surface area contributed by atoms with Crippen LogP contribution >= 0.6 is 0 Å². The van der Waals surface area contributed by atoms with E-state index in [0.717, 1.165) is 12.4 Å². The highest BCUT2D eigenvalue weighted by atomic mass is 19.4. The number of alkyl halides is 3. The Morgan fingerprint density at radius 3 is 2.44 bits per heavy atom. The van der Waals surface area contributed by atoms with Crippen LogP contribution in [-0.4, -0.2) is 42.1 Å². The molecule has 1 aliphatic heterocycles. The van der Waals surface area contributed by atoms with E-state index in [4.69, 9.17) is 4.74 Å². The van der Waals surface area contributed by atoms with Crippen LogP contribution < -0.4 is 15.0 Å². The first kappa shape index (κ1) is 18.9. The maximum absolute atomic E-state index is 12.8. The molecule has 6 nitrogen and oxygen atoms in total. The predicted molar refractivity (Wildman–Crippen MR) is 92.7 cm³/mol.